The monoisotopic (exact) mass is 781 g/mol. The van der Waals surface area contributed by atoms with Gasteiger partial charge in [-0.25, -0.2) is 18.3 Å². The fourth-order valence-electron chi connectivity index (χ4n) is 8.33. The Morgan fingerprint density at radius 3 is 2.39 bits per heavy atom. The Morgan fingerprint density at radius 1 is 0.982 bits per heavy atom. The van der Waals surface area contributed by atoms with E-state index in [1.807, 2.05) is 26.0 Å². The minimum absolute atomic E-state index is 0.00963. The van der Waals surface area contributed by atoms with Crippen molar-refractivity contribution in [3.05, 3.63) is 117 Å². The molecule has 0 saturated carbocycles. The zero-order valence-corrected chi connectivity index (χ0v) is 33.2. The first kappa shape index (κ1) is 37.7. The number of ether oxygens (including phenoxy) is 1. The standard InChI is InChI=1S/C42H46F2N7O4P/c1-6-56(54,7-2)36-11-10-35(38(44)39(36)45-5)49-16-17-50(42(49)53)40-31-24-48(15-12-33(31)47-51(40)30-20-25(3)37(43)26(4)21-30)41(52)34-23-29-22-28(8-9-32(29)46-34)27-13-18-55-19-14-27/h8-11,16-17,20-23,27,45-46H,6-7,12-15,18-19,24H2,1-5H3. The number of amides is 1. The summed E-state index contributed by atoms with van der Waals surface area (Å²) < 4.78 is 54.7. The van der Waals surface area contributed by atoms with E-state index in [9.17, 15) is 18.5 Å². The maximum Gasteiger partial charge on any atom is 0.338 e. The summed E-state index contributed by atoms with van der Waals surface area (Å²) in [6, 6.07) is 14.7. The number of hydrogen-bond acceptors (Lipinski definition) is 6. The predicted octanol–water partition coefficient (Wildman–Crippen LogP) is 7.35. The molecule has 8 rings (SSSR count). The van der Waals surface area contributed by atoms with Crippen LogP contribution in [0.15, 0.2) is 65.7 Å². The average Bonchev–Trinajstić information content (AvgIpc) is 3.93. The van der Waals surface area contributed by atoms with E-state index in [2.05, 4.69) is 22.4 Å². The number of nitrogens with one attached hydrogen (secondary N) is 2. The van der Waals surface area contributed by atoms with E-state index in [0.29, 0.717) is 76.1 Å². The summed E-state index contributed by atoms with van der Waals surface area (Å²) in [5, 5.41) is 9.21. The molecule has 1 amide bonds. The van der Waals surface area contributed by atoms with Gasteiger partial charge in [-0.05, 0) is 91.8 Å². The molecule has 1 fully saturated rings. The number of benzene rings is 3. The third-order valence-corrected chi connectivity index (χ3v) is 14.9. The van der Waals surface area contributed by atoms with E-state index in [0.717, 1.165) is 37.0 Å². The largest absolute Gasteiger partial charge is 0.385 e. The molecule has 2 aliphatic rings. The van der Waals surface area contributed by atoms with Gasteiger partial charge in [0.1, 0.15) is 24.5 Å². The van der Waals surface area contributed by atoms with E-state index in [1.165, 1.54) is 27.0 Å². The molecule has 14 heteroatoms. The fraction of sp³-hybridized carbons (Fsp3) is 0.357. The fourth-order valence-corrected chi connectivity index (χ4v) is 10.4. The minimum atomic E-state index is -2.86. The number of rotatable bonds is 9. The van der Waals surface area contributed by atoms with Crippen LogP contribution in [-0.2, 0) is 22.3 Å². The Kier molecular flexibility index (Phi) is 9.87. The van der Waals surface area contributed by atoms with Crippen molar-refractivity contribution in [3.63, 3.8) is 0 Å². The zero-order valence-electron chi connectivity index (χ0n) is 32.3. The number of halogens is 2. The van der Waals surface area contributed by atoms with Gasteiger partial charge in [0, 0.05) is 79.7 Å². The number of imidazole rings is 1. The van der Waals surface area contributed by atoms with Crippen LogP contribution >= 0.6 is 7.14 Å². The molecule has 0 bridgehead atoms. The number of carbonyl (C=O) groups is 1. The molecule has 0 spiro atoms. The van der Waals surface area contributed by atoms with E-state index in [1.54, 1.807) is 54.9 Å². The van der Waals surface area contributed by atoms with Crippen molar-refractivity contribution in [3.8, 4) is 17.2 Å². The first-order valence-electron chi connectivity index (χ1n) is 19.2. The second-order valence-corrected chi connectivity index (χ2v) is 18.4. The van der Waals surface area contributed by atoms with Gasteiger partial charge < -0.3 is 24.5 Å². The van der Waals surface area contributed by atoms with Crippen LogP contribution in [0.1, 0.15) is 71.0 Å². The number of anilines is 1. The number of carbonyl (C=O) groups excluding carboxylic acids is 1. The first-order valence-corrected chi connectivity index (χ1v) is 21.3. The highest BCUT2D eigenvalue weighted by molar-refractivity contribution is 7.71. The Balaban J connectivity index is 1.20. The van der Waals surface area contributed by atoms with Gasteiger partial charge in [0.25, 0.3) is 5.91 Å². The Hall–Kier alpha value is -5.26. The molecule has 0 unspecified atom stereocenters. The summed E-state index contributed by atoms with van der Waals surface area (Å²) in [6.45, 7) is 9.04. The number of aromatic amines is 1. The Morgan fingerprint density at radius 2 is 1.70 bits per heavy atom. The molecule has 11 nitrogen and oxygen atoms in total. The molecule has 0 aliphatic carbocycles. The lowest BCUT2D eigenvalue weighted by atomic mass is 9.91. The molecule has 292 valence electrons. The number of aryl methyl sites for hydroxylation is 2. The van der Waals surface area contributed by atoms with Crippen LogP contribution in [0.3, 0.4) is 0 Å². The molecular weight excluding hydrogens is 735 g/mol. The van der Waals surface area contributed by atoms with Crippen molar-refractivity contribution in [2.24, 2.45) is 0 Å². The van der Waals surface area contributed by atoms with Crippen molar-refractivity contribution in [2.45, 2.75) is 59.4 Å². The second-order valence-electron chi connectivity index (χ2n) is 14.8. The molecule has 3 aromatic heterocycles. The maximum atomic E-state index is 16.3. The minimum Gasteiger partial charge on any atom is -0.385 e. The molecule has 5 heterocycles. The molecule has 2 aliphatic heterocycles. The van der Waals surface area contributed by atoms with Gasteiger partial charge in [0.15, 0.2) is 5.82 Å². The van der Waals surface area contributed by atoms with Gasteiger partial charge in [-0.2, -0.15) is 5.10 Å². The molecule has 6 aromatic rings. The molecule has 2 N–H and O–H groups in total. The Labute approximate surface area is 323 Å². The molecule has 0 radical (unpaired) electrons. The summed E-state index contributed by atoms with van der Waals surface area (Å²) in [4.78, 5) is 33.7. The van der Waals surface area contributed by atoms with Crippen LogP contribution in [-0.4, -0.2) is 73.8 Å². The highest BCUT2D eigenvalue weighted by Gasteiger charge is 2.32. The van der Waals surface area contributed by atoms with Crippen molar-refractivity contribution < 1.29 is 22.9 Å². The highest BCUT2D eigenvalue weighted by Crippen LogP contribution is 2.46. The molecule has 1 saturated heterocycles. The van der Waals surface area contributed by atoms with Gasteiger partial charge in [-0.3, -0.25) is 13.9 Å². The van der Waals surface area contributed by atoms with Crippen molar-refractivity contribution in [1.29, 1.82) is 0 Å². The third kappa shape index (κ3) is 6.30. The van der Waals surface area contributed by atoms with Gasteiger partial charge in [0.2, 0.25) is 0 Å². The van der Waals surface area contributed by atoms with E-state index in [-0.39, 0.29) is 29.6 Å². The lowest BCUT2D eigenvalue weighted by molar-refractivity contribution is 0.0729. The highest BCUT2D eigenvalue weighted by atomic mass is 31.2. The normalized spacial score (nSPS) is 15.1. The quantitative estimate of drug-likeness (QED) is 0.148. The summed E-state index contributed by atoms with van der Waals surface area (Å²) in [7, 11) is -1.29. The van der Waals surface area contributed by atoms with Crippen molar-refractivity contribution in [1.82, 2.24) is 28.8 Å². The zero-order chi connectivity index (χ0) is 39.5. The summed E-state index contributed by atoms with van der Waals surface area (Å²) in [5.74, 6) is -0.416. The van der Waals surface area contributed by atoms with E-state index >= 15 is 4.39 Å². The van der Waals surface area contributed by atoms with Crippen LogP contribution in [0.2, 0.25) is 0 Å². The van der Waals surface area contributed by atoms with Crippen LogP contribution in [0.5, 0.6) is 0 Å². The topological polar surface area (TPSA) is 119 Å². The van der Waals surface area contributed by atoms with Gasteiger partial charge in [0.05, 0.1) is 29.3 Å². The van der Waals surface area contributed by atoms with Crippen molar-refractivity contribution >= 4 is 34.9 Å². The molecular formula is C42H46F2N7O4P. The summed E-state index contributed by atoms with van der Waals surface area (Å²) in [5.41, 5.74) is 4.81. The van der Waals surface area contributed by atoms with E-state index < -0.39 is 18.6 Å². The van der Waals surface area contributed by atoms with Gasteiger partial charge in [-0.1, -0.05) is 19.9 Å². The smallest absolute Gasteiger partial charge is 0.338 e. The number of H-pyrrole nitrogens is 1. The van der Waals surface area contributed by atoms with Crippen molar-refractivity contribution in [2.75, 3.05) is 44.4 Å². The number of nitrogens with zero attached hydrogens (tertiary/aromatic N) is 5. The van der Waals surface area contributed by atoms with Crippen LogP contribution in [0, 0.1) is 25.5 Å². The lowest BCUT2D eigenvalue weighted by Crippen LogP contribution is -2.36. The average molecular weight is 782 g/mol. The third-order valence-electron chi connectivity index (χ3n) is 11.6. The summed E-state index contributed by atoms with van der Waals surface area (Å²) >= 11 is 0. The van der Waals surface area contributed by atoms with Crippen LogP contribution in [0.4, 0.5) is 14.5 Å². The lowest BCUT2D eigenvalue weighted by Gasteiger charge is -2.26. The number of hydrogen-bond donors (Lipinski definition) is 2. The summed E-state index contributed by atoms with van der Waals surface area (Å²) in [6.07, 6.45) is 6.13. The van der Waals surface area contributed by atoms with E-state index in [4.69, 9.17) is 9.84 Å². The number of fused-ring (bicyclic) bond motifs is 2. The SMILES string of the molecule is CCP(=O)(CC)c1ccc(-n2ccn(-c3c4c(nn3-c3cc(C)c(F)c(C)c3)CCN(C(=O)c3cc5cc(C6CCOCC6)ccc5[nH]3)C4)c2=O)c(F)c1NC. The molecule has 3 aromatic carbocycles. The predicted molar refractivity (Wildman–Crippen MR) is 215 cm³/mol. The first-order chi connectivity index (χ1) is 27.0. The number of aromatic nitrogens is 5. The van der Waals surface area contributed by atoms with Crippen LogP contribution < -0.4 is 16.3 Å². The van der Waals surface area contributed by atoms with Crippen LogP contribution in [0.25, 0.3) is 28.1 Å². The molecule has 0 atom stereocenters. The van der Waals surface area contributed by atoms with Gasteiger partial charge in [-0.15, -0.1) is 0 Å². The van der Waals surface area contributed by atoms with Gasteiger partial charge >= 0.3 is 5.69 Å². The Bertz CT molecular complexity index is 2580. The molecule has 56 heavy (non-hydrogen) atoms. The second kappa shape index (κ2) is 14.7. The maximum absolute atomic E-state index is 16.3.